The number of thiocarbonyl (C=S) groups is 1. The van der Waals surface area contributed by atoms with Gasteiger partial charge < -0.3 is 10.1 Å². The number of nitrogens with zero attached hydrogens (tertiary/aromatic N) is 1. The van der Waals surface area contributed by atoms with Gasteiger partial charge in [-0.15, -0.1) is 0 Å². The summed E-state index contributed by atoms with van der Waals surface area (Å²) in [5.74, 6) is 0.216. The second kappa shape index (κ2) is 9.82. The van der Waals surface area contributed by atoms with Gasteiger partial charge in [0, 0.05) is 11.3 Å². The first kappa shape index (κ1) is 19.8. The molecule has 3 aromatic carbocycles. The Morgan fingerprint density at radius 3 is 2.50 bits per heavy atom. The normalized spacial score (nSPS) is 10.6. The van der Waals surface area contributed by atoms with Crippen molar-refractivity contribution in [1.82, 2.24) is 5.43 Å². The molecule has 2 N–H and O–H groups in total. The maximum atomic E-state index is 13.8. The van der Waals surface area contributed by atoms with Crippen LogP contribution in [0.3, 0.4) is 0 Å². The van der Waals surface area contributed by atoms with Gasteiger partial charge in [-0.25, -0.2) is 4.39 Å². The molecule has 3 rings (SSSR count). The van der Waals surface area contributed by atoms with Gasteiger partial charge in [0.1, 0.15) is 18.2 Å². The van der Waals surface area contributed by atoms with Crippen molar-refractivity contribution in [2.45, 2.75) is 6.61 Å². The van der Waals surface area contributed by atoms with E-state index in [9.17, 15) is 4.39 Å². The van der Waals surface area contributed by atoms with E-state index in [1.165, 1.54) is 6.07 Å². The zero-order valence-corrected chi connectivity index (χ0v) is 16.3. The Bertz CT molecular complexity index is 945. The van der Waals surface area contributed by atoms with Crippen LogP contribution in [0.5, 0.6) is 5.75 Å². The fourth-order valence-corrected chi connectivity index (χ4v) is 2.71. The van der Waals surface area contributed by atoms with Crippen molar-refractivity contribution >= 4 is 40.8 Å². The molecule has 0 saturated heterocycles. The number of benzene rings is 3. The topological polar surface area (TPSA) is 45.6 Å². The summed E-state index contributed by atoms with van der Waals surface area (Å²) in [5.41, 5.74) is 4.82. The van der Waals surface area contributed by atoms with E-state index in [-0.39, 0.29) is 12.4 Å². The van der Waals surface area contributed by atoms with E-state index in [0.29, 0.717) is 21.4 Å². The van der Waals surface area contributed by atoms with Gasteiger partial charge in [0.25, 0.3) is 0 Å². The molecular weight excluding hydrogens is 397 g/mol. The van der Waals surface area contributed by atoms with Crippen LogP contribution in [0, 0.1) is 5.82 Å². The number of para-hydroxylation sites is 1. The molecule has 0 aliphatic heterocycles. The van der Waals surface area contributed by atoms with Crippen LogP contribution in [-0.4, -0.2) is 11.3 Å². The molecule has 4 nitrogen and oxygen atoms in total. The van der Waals surface area contributed by atoms with Crippen LogP contribution in [0.1, 0.15) is 11.1 Å². The molecule has 0 fully saturated rings. The molecule has 0 spiro atoms. The van der Waals surface area contributed by atoms with E-state index in [0.717, 1.165) is 11.3 Å². The van der Waals surface area contributed by atoms with Crippen LogP contribution in [0.15, 0.2) is 77.9 Å². The minimum atomic E-state index is -0.387. The third-order valence-electron chi connectivity index (χ3n) is 3.74. The average Bonchev–Trinajstić information content (AvgIpc) is 2.69. The Hall–Kier alpha value is -2.96. The maximum Gasteiger partial charge on any atom is 0.191 e. The standard InChI is InChI=1S/C21H17ClFN3OS/c22-19-7-4-8-20(23)18(19)14-27-17-11-9-15(10-12-17)13-24-26-21(28)25-16-5-2-1-3-6-16/h1-13H,14H2,(H2,25,26,28). The molecule has 0 heterocycles. The average molecular weight is 414 g/mol. The van der Waals surface area contributed by atoms with Gasteiger partial charge in [0.15, 0.2) is 5.11 Å². The van der Waals surface area contributed by atoms with E-state index >= 15 is 0 Å². The first-order chi connectivity index (χ1) is 13.6. The van der Waals surface area contributed by atoms with E-state index in [4.69, 9.17) is 28.6 Å². The summed E-state index contributed by atoms with van der Waals surface area (Å²) in [7, 11) is 0. The van der Waals surface area contributed by atoms with Gasteiger partial charge in [-0.1, -0.05) is 35.9 Å². The number of rotatable bonds is 6. The molecule has 142 valence electrons. The Labute approximate surface area is 173 Å². The summed E-state index contributed by atoms with van der Waals surface area (Å²) in [4.78, 5) is 0. The Balaban J connectivity index is 1.50. The van der Waals surface area contributed by atoms with Crippen LogP contribution in [0.4, 0.5) is 10.1 Å². The summed E-state index contributed by atoms with van der Waals surface area (Å²) in [6, 6.07) is 21.3. The fraction of sp³-hybridized carbons (Fsp3) is 0.0476. The lowest BCUT2D eigenvalue weighted by atomic mass is 10.2. The molecule has 0 aliphatic rings. The third kappa shape index (κ3) is 5.77. The van der Waals surface area contributed by atoms with Gasteiger partial charge in [0.2, 0.25) is 0 Å². The Kier molecular flexibility index (Phi) is 6.94. The van der Waals surface area contributed by atoms with Gasteiger partial charge in [-0.05, 0) is 66.3 Å². The molecule has 0 aromatic heterocycles. The van der Waals surface area contributed by atoms with Gasteiger partial charge >= 0.3 is 0 Å². The number of ether oxygens (including phenoxy) is 1. The molecule has 3 aromatic rings. The zero-order chi connectivity index (χ0) is 19.8. The maximum absolute atomic E-state index is 13.8. The van der Waals surface area contributed by atoms with Crippen molar-refractivity contribution in [2.75, 3.05) is 5.32 Å². The highest BCUT2D eigenvalue weighted by Gasteiger charge is 2.07. The van der Waals surface area contributed by atoms with Crippen LogP contribution in [0.2, 0.25) is 5.02 Å². The van der Waals surface area contributed by atoms with Crippen molar-refractivity contribution in [3.05, 3.63) is 94.8 Å². The first-order valence-electron chi connectivity index (χ1n) is 8.42. The number of nitrogens with one attached hydrogen (secondary N) is 2. The summed E-state index contributed by atoms with van der Waals surface area (Å²) in [6.07, 6.45) is 1.64. The van der Waals surface area contributed by atoms with Crippen molar-refractivity contribution < 1.29 is 9.13 Å². The highest BCUT2D eigenvalue weighted by molar-refractivity contribution is 7.80. The Morgan fingerprint density at radius 2 is 1.79 bits per heavy atom. The minimum absolute atomic E-state index is 0.0555. The predicted octanol–water partition coefficient (Wildman–Crippen LogP) is 5.38. The summed E-state index contributed by atoms with van der Waals surface area (Å²) in [6.45, 7) is 0.0555. The lowest BCUT2D eigenvalue weighted by Crippen LogP contribution is -2.23. The van der Waals surface area contributed by atoms with Crippen LogP contribution < -0.4 is 15.5 Å². The van der Waals surface area contributed by atoms with Crippen molar-refractivity contribution in [3.63, 3.8) is 0 Å². The molecule has 28 heavy (non-hydrogen) atoms. The monoisotopic (exact) mass is 413 g/mol. The molecule has 0 aliphatic carbocycles. The Morgan fingerprint density at radius 1 is 1.04 bits per heavy atom. The summed E-state index contributed by atoms with van der Waals surface area (Å²) >= 11 is 11.2. The molecule has 0 atom stereocenters. The van der Waals surface area contributed by atoms with Crippen LogP contribution >= 0.6 is 23.8 Å². The van der Waals surface area contributed by atoms with E-state index < -0.39 is 0 Å². The molecule has 0 unspecified atom stereocenters. The highest BCUT2D eigenvalue weighted by atomic mass is 35.5. The number of halogens is 2. The van der Waals surface area contributed by atoms with E-state index in [1.54, 1.807) is 30.5 Å². The molecule has 0 saturated carbocycles. The van der Waals surface area contributed by atoms with E-state index in [1.807, 2.05) is 42.5 Å². The number of anilines is 1. The summed E-state index contributed by atoms with van der Waals surface area (Å²) < 4.78 is 19.4. The van der Waals surface area contributed by atoms with Crippen molar-refractivity contribution in [1.29, 1.82) is 0 Å². The number of hydrogen-bond acceptors (Lipinski definition) is 3. The first-order valence-corrected chi connectivity index (χ1v) is 9.21. The van der Waals surface area contributed by atoms with Gasteiger partial charge in [0.05, 0.1) is 11.2 Å². The SMILES string of the molecule is Fc1cccc(Cl)c1COc1ccc(C=NNC(=S)Nc2ccccc2)cc1. The summed E-state index contributed by atoms with van der Waals surface area (Å²) in [5, 5.41) is 7.86. The lowest BCUT2D eigenvalue weighted by Gasteiger charge is -2.09. The predicted molar refractivity (Wildman–Crippen MR) is 116 cm³/mol. The molecule has 7 heteroatoms. The van der Waals surface area contributed by atoms with Crippen molar-refractivity contribution in [2.24, 2.45) is 5.10 Å². The lowest BCUT2D eigenvalue weighted by molar-refractivity contribution is 0.300. The molecular formula is C21H17ClFN3OS. The second-order valence-electron chi connectivity index (χ2n) is 5.75. The molecule has 0 bridgehead atoms. The quantitative estimate of drug-likeness (QED) is 0.323. The van der Waals surface area contributed by atoms with Crippen LogP contribution in [0.25, 0.3) is 0 Å². The van der Waals surface area contributed by atoms with Gasteiger partial charge in [-0.3, -0.25) is 5.43 Å². The largest absolute Gasteiger partial charge is 0.489 e. The molecule has 0 amide bonds. The second-order valence-corrected chi connectivity index (χ2v) is 6.56. The van der Waals surface area contributed by atoms with E-state index in [2.05, 4.69) is 15.8 Å². The van der Waals surface area contributed by atoms with Gasteiger partial charge in [-0.2, -0.15) is 5.10 Å². The van der Waals surface area contributed by atoms with Crippen LogP contribution in [-0.2, 0) is 6.61 Å². The molecule has 0 radical (unpaired) electrons. The number of hydrazone groups is 1. The number of hydrogen-bond donors (Lipinski definition) is 2. The zero-order valence-electron chi connectivity index (χ0n) is 14.7. The third-order valence-corrected chi connectivity index (χ3v) is 4.28. The smallest absolute Gasteiger partial charge is 0.191 e. The fourth-order valence-electron chi connectivity index (χ4n) is 2.32. The van der Waals surface area contributed by atoms with Crippen molar-refractivity contribution in [3.8, 4) is 5.75 Å². The minimum Gasteiger partial charge on any atom is -0.489 e. The highest BCUT2D eigenvalue weighted by Crippen LogP contribution is 2.21.